The van der Waals surface area contributed by atoms with Crippen molar-refractivity contribution in [3.8, 4) is 11.6 Å². The third-order valence-electron chi connectivity index (χ3n) is 5.98. The Morgan fingerprint density at radius 1 is 1.05 bits per heavy atom. The van der Waals surface area contributed by atoms with E-state index in [0.717, 1.165) is 36.1 Å². The van der Waals surface area contributed by atoms with E-state index < -0.39 is 15.8 Å². The Labute approximate surface area is 219 Å². The highest BCUT2D eigenvalue weighted by Gasteiger charge is 2.22. The van der Waals surface area contributed by atoms with Gasteiger partial charge >= 0.3 is 0 Å². The van der Waals surface area contributed by atoms with Crippen LogP contribution in [0.1, 0.15) is 10.5 Å². The van der Waals surface area contributed by atoms with Crippen LogP contribution in [-0.2, 0) is 17.1 Å². The predicted octanol–water partition coefficient (Wildman–Crippen LogP) is 3.77. The Kier molecular flexibility index (Phi) is 7.67. The zero-order valence-corrected chi connectivity index (χ0v) is 21.5. The molecule has 37 heavy (non-hydrogen) atoms. The molecular weight excluding hydrogens is 521 g/mol. The van der Waals surface area contributed by atoms with Gasteiger partial charge in [-0.1, -0.05) is 0 Å². The number of nitrogens with one attached hydrogen (secondary N) is 2. The van der Waals surface area contributed by atoms with Crippen molar-refractivity contribution in [1.82, 2.24) is 19.8 Å². The van der Waals surface area contributed by atoms with Gasteiger partial charge in [0.2, 0.25) is 5.88 Å². The normalized spacial score (nSPS) is 13.7. The number of aromatic nitrogens is 2. The molecule has 1 fully saturated rings. The summed E-state index contributed by atoms with van der Waals surface area (Å²) in [6, 6.07) is 15.0. The summed E-state index contributed by atoms with van der Waals surface area (Å²) in [5.74, 6) is 0.272. The molecule has 1 amide bonds. The molecule has 2 aromatic carbocycles. The summed E-state index contributed by atoms with van der Waals surface area (Å²) in [4.78, 5) is 18.9. The average molecular weight is 546 g/mol. The molecule has 3 heterocycles. The van der Waals surface area contributed by atoms with E-state index in [1.54, 1.807) is 6.07 Å². The number of fused-ring (bicyclic) bond motifs is 1. The number of rotatable bonds is 6. The maximum Gasteiger partial charge on any atom is 0.270 e. The minimum Gasteiger partial charge on any atom is -0.439 e. The summed E-state index contributed by atoms with van der Waals surface area (Å²) in [5.41, 5.74) is 1.69. The summed E-state index contributed by atoms with van der Waals surface area (Å²) in [7, 11) is -2.03. The molecule has 0 spiro atoms. The SMILES string of the molecule is Cl.Cn1c(C(=O)N2CCNCC2)cc2ccc(Oc3ccc(NS(=O)(=O)c4ccc(F)cc4)cn3)cc21. The number of ether oxygens (including phenoxy) is 1. The molecule has 0 radical (unpaired) electrons. The van der Waals surface area contributed by atoms with E-state index in [1.807, 2.05) is 34.7 Å². The fourth-order valence-electron chi connectivity index (χ4n) is 4.06. The molecule has 0 atom stereocenters. The van der Waals surface area contributed by atoms with Crippen molar-refractivity contribution in [2.24, 2.45) is 7.05 Å². The van der Waals surface area contributed by atoms with Gasteiger partial charge in [-0.25, -0.2) is 17.8 Å². The standard InChI is InChI=1S/C25H24FN5O4S.ClH/c1-30-22-15-20(6-2-17(22)14-23(30)25(32)31-12-10-27-11-13-31)35-24-9-5-19(16-28-24)29-36(33,34)21-7-3-18(26)4-8-21;/h2-9,14-16,27,29H,10-13H2,1H3;1H. The highest BCUT2D eigenvalue weighted by Crippen LogP contribution is 2.28. The van der Waals surface area contributed by atoms with Gasteiger partial charge in [-0.15, -0.1) is 12.4 Å². The second-order valence-electron chi connectivity index (χ2n) is 8.40. The monoisotopic (exact) mass is 545 g/mol. The fraction of sp³-hybridized carbons (Fsp3) is 0.200. The van der Waals surface area contributed by atoms with Crippen LogP contribution < -0.4 is 14.8 Å². The third kappa shape index (κ3) is 5.68. The van der Waals surface area contributed by atoms with Crippen LogP contribution in [0, 0.1) is 5.82 Å². The first kappa shape index (κ1) is 26.4. The highest BCUT2D eigenvalue weighted by molar-refractivity contribution is 7.92. The number of pyridine rings is 1. The van der Waals surface area contributed by atoms with Crippen LogP contribution in [0.25, 0.3) is 10.9 Å². The summed E-state index contributed by atoms with van der Waals surface area (Å²) >= 11 is 0. The van der Waals surface area contributed by atoms with Crippen LogP contribution in [0.15, 0.2) is 71.8 Å². The van der Waals surface area contributed by atoms with Crippen molar-refractivity contribution in [2.75, 3.05) is 30.9 Å². The molecular formula is C25H25ClFN5O4S. The van der Waals surface area contributed by atoms with Crippen molar-refractivity contribution >= 4 is 44.9 Å². The first-order chi connectivity index (χ1) is 17.3. The molecule has 0 unspecified atom stereocenters. The van der Waals surface area contributed by atoms with Crippen molar-refractivity contribution in [1.29, 1.82) is 0 Å². The molecule has 194 valence electrons. The van der Waals surface area contributed by atoms with E-state index in [0.29, 0.717) is 24.5 Å². The molecule has 0 bridgehead atoms. The lowest BCUT2D eigenvalue weighted by atomic mass is 10.2. The molecule has 1 aliphatic rings. The lowest BCUT2D eigenvalue weighted by Crippen LogP contribution is -2.46. The van der Waals surface area contributed by atoms with E-state index in [1.165, 1.54) is 30.5 Å². The van der Waals surface area contributed by atoms with Gasteiger partial charge in [0.05, 0.1) is 22.3 Å². The van der Waals surface area contributed by atoms with Crippen molar-refractivity contribution in [2.45, 2.75) is 4.90 Å². The van der Waals surface area contributed by atoms with Gasteiger partial charge in [0.25, 0.3) is 15.9 Å². The molecule has 0 saturated carbocycles. The number of amides is 1. The molecule has 2 N–H and O–H groups in total. The number of halogens is 2. The summed E-state index contributed by atoms with van der Waals surface area (Å²) in [6.45, 7) is 2.92. The molecule has 0 aliphatic carbocycles. The topological polar surface area (TPSA) is 106 Å². The zero-order chi connectivity index (χ0) is 25.3. The van der Waals surface area contributed by atoms with Crippen molar-refractivity contribution in [3.63, 3.8) is 0 Å². The van der Waals surface area contributed by atoms with E-state index in [2.05, 4.69) is 15.0 Å². The van der Waals surface area contributed by atoms with Gasteiger partial charge in [0, 0.05) is 50.7 Å². The maximum atomic E-state index is 13.1. The van der Waals surface area contributed by atoms with Crippen LogP contribution >= 0.6 is 12.4 Å². The van der Waals surface area contributed by atoms with Crippen molar-refractivity contribution in [3.05, 3.63) is 78.4 Å². The number of nitrogens with zero attached hydrogens (tertiary/aromatic N) is 3. The Balaban J connectivity index is 0.00000320. The lowest BCUT2D eigenvalue weighted by Gasteiger charge is -2.27. The summed E-state index contributed by atoms with van der Waals surface area (Å²) in [6.07, 6.45) is 1.34. The molecule has 1 aliphatic heterocycles. The first-order valence-electron chi connectivity index (χ1n) is 11.3. The number of anilines is 1. The number of hydrogen-bond donors (Lipinski definition) is 2. The van der Waals surface area contributed by atoms with Gasteiger partial charge in [-0.3, -0.25) is 9.52 Å². The van der Waals surface area contributed by atoms with Crippen LogP contribution in [0.3, 0.4) is 0 Å². The van der Waals surface area contributed by atoms with Crippen LogP contribution in [0.2, 0.25) is 0 Å². The van der Waals surface area contributed by atoms with Gasteiger partial charge < -0.3 is 19.5 Å². The summed E-state index contributed by atoms with van der Waals surface area (Å²) < 4.78 is 48.2. The minimum absolute atomic E-state index is 0. The van der Waals surface area contributed by atoms with Gasteiger partial charge in [-0.2, -0.15) is 0 Å². The third-order valence-corrected chi connectivity index (χ3v) is 7.37. The number of carbonyl (C=O) groups excluding carboxylic acids is 1. The number of piperazine rings is 1. The second kappa shape index (κ2) is 10.8. The van der Waals surface area contributed by atoms with E-state index in [4.69, 9.17) is 4.74 Å². The molecule has 9 nitrogen and oxygen atoms in total. The number of sulfonamides is 1. The average Bonchev–Trinajstić information content (AvgIpc) is 3.21. The molecule has 5 rings (SSSR count). The highest BCUT2D eigenvalue weighted by atomic mass is 35.5. The first-order valence-corrected chi connectivity index (χ1v) is 12.8. The number of hydrogen-bond acceptors (Lipinski definition) is 6. The van der Waals surface area contributed by atoms with Gasteiger partial charge in [-0.05, 0) is 48.5 Å². The maximum absolute atomic E-state index is 13.1. The zero-order valence-electron chi connectivity index (χ0n) is 19.8. The largest absolute Gasteiger partial charge is 0.439 e. The number of aryl methyl sites for hydroxylation is 1. The van der Waals surface area contributed by atoms with Crippen molar-refractivity contribution < 1.29 is 22.3 Å². The van der Waals surface area contributed by atoms with Crippen LogP contribution in [-0.4, -0.2) is 55.0 Å². The molecule has 4 aromatic rings. The lowest BCUT2D eigenvalue weighted by molar-refractivity contribution is 0.0726. The Morgan fingerprint density at radius 3 is 2.46 bits per heavy atom. The molecule has 2 aromatic heterocycles. The van der Waals surface area contributed by atoms with Crippen LogP contribution in [0.4, 0.5) is 10.1 Å². The van der Waals surface area contributed by atoms with E-state index >= 15 is 0 Å². The fourth-order valence-corrected chi connectivity index (χ4v) is 5.10. The number of carbonyl (C=O) groups is 1. The Bertz CT molecular complexity index is 1520. The van der Waals surface area contributed by atoms with E-state index in [-0.39, 0.29) is 34.8 Å². The van der Waals surface area contributed by atoms with E-state index in [9.17, 15) is 17.6 Å². The number of benzene rings is 2. The minimum atomic E-state index is -3.88. The van der Waals surface area contributed by atoms with Gasteiger partial charge in [0.1, 0.15) is 17.3 Å². The predicted molar refractivity (Wildman–Crippen MR) is 140 cm³/mol. The smallest absolute Gasteiger partial charge is 0.270 e. The quantitative estimate of drug-likeness (QED) is 0.382. The Hall–Kier alpha value is -3.67. The second-order valence-corrected chi connectivity index (χ2v) is 10.1. The Morgan fingerprint density at radius 2 is 1.78 bits per heavy atom. The molecule has 12 heteroatoms. The van der Waals surface area contributed by atoms with Gasteiger partial charge in [0.15, 0.2) is 0 Å². The molecule has 1 saturated heterocycles. The van der Waals surface area contributed by atoms with Crippen LogP contribution in [0.5, 0.6) is 11.6 Å². The summed E-state index contributed by atoms with van der Waals surface area (Å²) in [5, 5.41) is 4.17.